The third-order valence-electron chi connectivity index (χ3n) is 5.17. The third-order valence-corrected chi connectivity index (χ3v) is 5.17. The summed E-state index contributed by atoms with van der Waals surface area (Å²) in [5, 5.41) is 2.98. The highest BCUT2D eigenvalue weighted by atomic mass is 16.6. The molecule has 0 spiro atoms. The largest absolute Gasteiger partial charge is 0.486 e. The zero-order valence-corrected chi connectivity index (χ0v) is 15.9. The second-order valence-electron chi connectivity index (χ2n) is 7.13. The lowest BCUT2D eigenvalue weighted by molar-refractivity contribution is 0.171. The summed E-state index contributed by atoms with van der Waals surface area (Å²) in [7, 11) is 0. The Hall–Kier alpha value is -2.70. The van der Waals surface area contributed by atoms with Crippen LogP contribution in [-0.4, -0.2) is 46.8 Å². The molecule has 1 aromatic carbocycles. The van der Waals surface area contributed by atoms with Crippen LogP contribution < -0.4 is 14.8 Å². The Kier molecular flexibility index (Phi) is 4.92. The maximum atomic E-state index is 12.7. The summed E-state index contributed by atoms with van der Waals surface area (Å²) in [6.45, 7) is 7.75. The molecule has 0 bridgehead atoms. The second-order valence-corrected chi connectivity index (χ2v) is 7.13. The molecule has 1 N–H and O–H groups in total. The molecule has 4 rings (SSSR count). The quantitative estimate of drug-likeness (QED) is 0.896. The van der Waals surface area contributed by atoms with Crippen LogP contribution in [0.2, 0.25) is 0 Å². The van der Waals surface area contributed by atoms with Gasteiger partial charge in [-0.2, -0.15) is 0 Å². The summed E-state index contributed by atoms with van der Waals surface area (Å²) < 4.78 is 13.4. The van der Waals surface area contributed by atoms with Crippen molar-refractivity contribution in [3.05, 3.63) is 35.9 Å². The van der Waals surface area contributed by atoms with Gasteiger partial charge in [-0.25, -0.2) is 9.78 Å². The molecule has 2 aliphatic heterocycles. The Morgan fingerprint density at radius 3 is 2.93 bits per heavy atom. The van der Waals surface area contributed by atoms with Crippen LogP contribution in [0.3, 0.4) is 0 Å². The topological polar surface area (TPSA) is 68.6 Å². The number of anilines is 1. The van der Waals surface area contributed by atoms with E-state index < -0.39 is 0 Å². The Labute approximate surface area is 159 Å². The van der Waals surface area contributed by atoms with Gasteiger partial charge in [0.25, 0.3) is 0 Å². The average Bonchev–Trinajstić information content (AvgIpc) is 3.30. The number of amides is 2. The number of urea groups is 1. The van der Waals surface area contributed by atoms with E-state index in [1.807, 2.05) is 29.3 Å². The highest BCUT2D eigenvalue weighted by Crippen LogP contribution is 2.33. The molecule has 1 saturated heterocycles. The van der Waals surface area contributed by atoms with Gasteiger partial charge in [0.05, 0.1) is 0 Å². The maximum absolute atomic E-state index is 12.7. The van der Waals surface area contributed by atoms with Crippen molar-refractivity contribution in [2.45, 2.75) is 39.2 Å². The average molecular weight is 370 g/mol. The SMILES string of the molecule is CCCn1c(C)cnc1C1CCN(C(=O)Nc2ccc3c(c2)OCCO3)C1. The smallest absolute Gasteiger partial charge is 0.321 e. The van der Waals surface area contributed by atoms with Crippen molar-refractivity contribution in [1.29, 1.82) is 0 Å². The lowest BCUT2D eigenvalue weighted by Crippen LogP contribution is -2.33. The summed E-state index contributed by atoms with van der Waals surface area (Å²) in [6.07, 6.45) is 3.95. The molecule has 7 nitrogen and oxygen atoms in total. The highest BCUT2D eigenvalue weighted by molar-refractivity contribution is 5.90. The van der Waals surface area contributed by atoms with Crippen LogP contribution in [0.5, 0.6) is 11.5 Å². The van der Waals surface area contributed by atoms with Gasteiger partial charge in [-0.15, -0.1) is 0 Å². The summed E-state index contributed by atoms with van der Waals surface area (Å²) in [5.74, 6) is 2.79. The summed E-state index contributed by atoms with van der Waals surface area (Å²) >= 11 is 0. The molecule has 1 aromatic heterocycles. The van der Waals surface area contributed by atoms with Crippen LogP contribution in [0, 0.1) is 6.92 Å². The molecular weight excluding hydrogens is 344 g/mol. The Bertz CT molecular complexity index is 833. The van der Waals surface area contributed by atoms with Gasteiger partial charge in [-0.3, -0.25) is 0 Å². The van der Waals surface area contributed by atoms with Gasteiger partial charge >= 0.3 is 6.03 Å². The minimum absolute atomic E-state index is 0.0838. The fourth-order valence-corrected chi connectivity index (χ4v) is 3.80. The van der Waals surface area contributed by atoms with Gasteiger partial charge in [-0.05, 0) is 31.9 Å². The normalized spacial score (nSPS) is 18.6. The number of nitrogens with zero attached hydrogens (tertiary/aromatic N) is 3. The third kappa shape index (κ3) is 3.59. The Morgan fingerprint density at radius 1 is 1.30 bits per heavy atom. The fourth-order valence-electron chi connectivity index (χ4n) is 3.80. The number of carbonyl (C=O) groups is 1. The van der Waals surface area contributed by atoms with Crippen molar-refractivity contribution in [3.8, 4) is 11.5 Å². The first kappa shape index (κ1) is 17.7. The van der Waals surface area contributed by atoms with Crippen LogP contribution in [0.4, 0.5) is 10.5 Å². The molecule has 1 fully saturated rings. The minimum atomic E-state index is -0.0838. The fraction of sp³-hybridized carbons (Fsp3) is 0.500. The van der Waals surface area contributed by atoms with Crippen molar-refractivity contribution in [3.63, 3.8) is 0 Å². The van der Waals surface area contributed by atoms with Gasteiger partial charge in [0.2, 0.25) is 0 Å². The van der Waals surface area contributed by atoms with Gasteiger partial charge in [0, 0.05) is 49.2 Å². The number of benzene rings is 1. The molecule has 2 aliphatic rings. The Balaban J connectivity index is 1.41. The standard InChI is InChI=1S/C20H26N4O3/c1-3-7-24-14(2)12-21-19(24)15-6-8-23(13-15)20(25)22-16-4-5-17-18(11-16)27-10-9-26-17/h4-5,11-12,15H,3,6-10,13H2,1-2H3,(H,22,25). The molecule has 144 valence electrons. The van der Waals surface area contributed by atoms with Gasteiger partial charge in [0.15, 0.2) is 11.5 Å². The van der Waals surface area contributed by atoms with Crippen molar-refractivity contribution in [1.82, 2.24) is 14.5 Å². The number of aryl methyl sites for hydroxylation is 1. The number of hydrogen-bond donors (Lipinski definition) is 1. The van der Waals surface area contributed by atoms with E-state index in [0.717, 1.165) is 43.2 Å². The van der Waals surface area contributed by atoms with E-state index in [4.69, 9.17) is 9.47 Å². The number of aromatic nitrogens is 2. The van der Waals surface area contributed by atoms with Crippen LogP contribution >= 0.6 is 0 Å². The number of rotatable bonds is 4. The van der Waals surface area contributed by atoms with Crippen molar-refractivity contribution in [2.24, 2.45) is 0 Å². The van der Waals surface area contributed by atoms with E-state index in [2.05, 4.69) is 28.7 Å². The van der Waals surface area contributed by atoms with Crippen LogP contribution in [0.25, 0.3) is 0 Å². The van der Waals surface area contributed by atoms with E-state index in [1.54, 1.807) is 0 Å². The number of carbonyl (C=O) groups excluding carboxylic acids is 1. The molecular formula is C20H26N4O3. The lowest BCUT2D eigenvalue weighted by atomic mass is 10.1. The summed E-state index contributed by atoms with van der Waals surface area (Å²) in [5.41, 5.74) is 1.90. The molecule has 3 heterocycles. The van der Waals surface area contributed by atoms with Crippen LogP contribution in [-0.2, 0) is 6.54 Å². The number of nitrogens with one attached hydrogen (secondary N) is 1. The molecule has 2 aromatic rings. The molecule has 1 atom stereocenters. The van der Waals surface area contributed by atoms with E-state index >= 15 is 0 Å². The summed E-state index contributed by atoms with van der Waals surface area (Å²) in [4.78, 5) is 19.2. The first-order valence-corrected chi connectivity index (χ1v) is 9.63. The van der Waals surface area contributed by atoms with E-state index in [9.17, 15) is 4.79 Å². The van der Waals surface area contributed by atoms with E-state index in [1.165, 1.54) is 5.69 Å². The zero-order chi connectivity index (χ0) is 18.8. The van der Waals surface area contributed by atoms with E-state index in [-0.39, 0.29) is 11.9 Å². The summed E-state index contributed by atoms with van der Waals surface area (Å²) in [6, 6.07) is 5.41. The van der Waals surface area contributed by atoms with Gasteiger partial charge < -0.3 is 24.3 Å². The van der Waals surface area contributed by atoms with Gasteiger partial charge in [-0.1, -0.05) is 6.92 Å². The molecule has 27 heavy (non-hydrogen) atoms. The Morgan fingerprint density at radius 2 is 2.11 bits per heavy atom. The molecule has 0 aliphatic carbocycles. The van der Waals surface area contributed by atoms with Gasteiger partial charge in [0.1, 0.15) is 19.0 Å². The van der Waals surface area contributed by atoms with Crippen LogP contribution in [0.1, 0.15) is 37.2 Å². The first-order chi connectivity index (χ1) is 13.2. The second kappa shape index (κ2) is 7.50. The number of fused-ring (bicyclic) bond motifs is 1. The molecule has 0 radical (unpaired) electrons. The van der Waals surface area contributed by atoms with Crippen LogP contribution in [0.15, 0.2) is 24.4 Å². The maximum Gasteiger partial charge on any atom is 0.321 e. The predicted molar refractivity (Wildman–Crippen MR) is 103 cm³/mol. The molecule has 2 amide bonds. The minimum Gasteiger partial charge on any atom is -0.486 e. The number of imidazole rings is 1. The molecule has 7 heteroatoms. The number of likely N-dealkylation sites (tertiary alicyclic amines) is 1. The monoisotopic (exact) mass is 370 g/mol. The predicted octanol–water partition coefficient (Wildman–Crippen LogP) is 3.39. The van der Waals surface area contributed by atoms with Crippen molar-refractivity contribution in [2.75, 3.05) is 31.6 Å². The highest BCUT2D eigenvalue weighted by Gasteiger charge is 2.30. The van der Waals surface area contributed by atoms with E-state index in [0.29, 0.717) is 25.5 Å². The lowest BCUT2D eigenvalue weighted by Gasteiger charge is -2.21. The number of hydrogen-bond acceptors (Lipinski definition) is 4. The molecule has 1 unspecified atom stereocenters. The number of ether oxygens (including phenoxy) is 2. The van der Waals surface area contributed by atoms with Crippen molar-refractivity contribution >= 4 is 11.7 Å². The zero-order valence-electron chi connectivity index (χ0n) is 15.9. The van der Waals surface area contributed by atoms with Crippen molar-refractivity contribution < 1.29 is 14.3 Å². The first-order valence-electron chi connectivity index (χ1n) is 9.63. The molecule has 0 saturated carbocycles.